The first-order chi connectivity index (χ1) is 20.8. The summed E-state index contributed by atoms with van der Waals surface area (Å²) in [5, 5.41) is 42.2. The molecule has 1 spiro atoms. The molecule has 238 valence electrons. The number of carbonyl (C=O) groups excluding carboxylic acids is 1. The van der Waals surface area contributed by atoms with Crippen LogP contribution in [-0.4, -0.2) is 73.2 Å². The smallest absolute Gasteiger partial charge is 0.252 e. The number of likely N-dealkylation sites (tertiary alicyclic amines) is 1. The summed E-state index contributed by atoms with van der Waals surface area (Å²) >= 11 is 0. The van der Waals surface area contributed by atoms with Crippen LogP contribution in [0.4, 0.5) is 0 Å². The highest BCUT2D eigenvalue weighted by atomic mass is 16.5. The number of nitrogens with one attached hydrogen (secondary N) is 1. The van der Waals surface area contributed by atoms with Gasteiger partial charge < -0.3 is 29.9 Å². The van der Waals surface area contributed by atoms with Crippen LogP contribution in [0, 0.1) is 17.3 Å². The van der Waals surface area contributed by atoms with Gasteiger partial charge in [-0.1, -0.05) is 42.0 Å². The lowest BCUT2D eigenvalue weighted by Gasteiger charge is -2.63. The molecule has 4 N–H and O–H groups in total. The summed E-state index contributed by atoms with van der Waals surface area (Å²) in [5.74, 6) is 0.347. The van der Waals surface area contributed by atoms with Crippen LogP contribution >= 0.6 is 0 Å². The van der Waals surface area contributed by atoms with E-state index in [1.165, 1.54) is 12.8 Å². The molecule has 10 nitrogen and oxygen atoms in total. The molecule has 2 aliphatic heterocycles. The van der Waals surface area contributed by atoms with Crippen LogP contribution in [0.1, 0.15) is 85.4 Å². The molecule has 2 saturated heterocycles. The average Bonchev–Trinajstić information content (AvgIpc) is 3.49. The van der Waals surface area contributed by atoms with E-state index in [0.717, 1.165) is 30.7 Å². The Morgan fingerprint density at radius 2 is 2.02 bits per heavy atom. The summed E-state index contributed by atoms with van der Waals surface area (Å²) in [6.45, 7) is 12.6. The zero-order chi connectivity index (χ0) is 31.6. The second-order valence-corrected chi connectivity index (χ2v) is 14.0. The highest BCUT2D eigenvalue weighted by molar-refractivity contribution is 5.94. The zero-order valence-electron chi connectivity index (χ0n) is 26.6. The number of aromatic nitrogens is 2. The fraction of sp³-hybridized carbons (Fsp3) is 0.618. The predicted octanol–water partition coefficient (Wildman–Crippen LogP) is 5.01. The Kier molecular flexibility index (Phi) is 7.70. The summed E-state index contributed by atoms with van der Waals surface area (Å²) < 4.78 is 12.0. The van der Waals surface area contributed by atoms with Gasteiger partial charge in [0.05, 0.1) is 11.2 Å². The number of hydrogen-bond donors (Lipinski definition) is 4. The fourth-order valence-corrected chi connectivity index (χ4v) is 7.92. The normalized spacial score (nSPS) is 34.4. The number of carbonyl (C=O) groups is 1. The van der Waals surface area contributed by atoms with Crippen molar-refractivity contribution in [3.05, 3.63) is 64.8 Å². The molecule has 6 rings (SSSR count). The number of amides is 1. The van der Waals surface area contributed by atoms with Gasteiger partial charge in [0.25, 0.3) is 11.8 Å². The molecule has 5 aliphatic rings. The van der Waals surface area contributed by atoms with Crippen molar-refractivity contribution < 1.29 is 29.4 Å². The lowest BCUT2D eigenvalue weighted by Crippen LogP contribution is -2.72. The van der Waals surface area contributed by atoms with Crippen molar-refractivity contribution in [1.82, 2.24) is 20.4 Å². The molecule has 3 heterocycles. The van der Waals surface area contributed by atoms with Gasteiger partial charge in [0.1, 0.15) is 29.3 Å². The Bertz CT molecular complexity index is 1480. The molecular formula is C34H46N4O6. The van der Waals surface area contributed by atoms with E-state index in [9.17, 15) is 20.1 Å². The molecule has 1 amide bonds. The van der Waals surface area contributed by atoms with Crippen LogP contribution in [-0.2, 0) is 15.1 Å². The Morgan fingerprint density at radius 3 is 2.73 bits per heavy atom. The average molecular weight is 607 g/mol. The van der Waals surface area contributed by atoms with Crippen molar-refractivity contribution in [2.75, 3.05) is 13.1 Å². The van der Waals surface area contributed by atoms with Gasteiger partial charge in [-0.05, 0) is 90.8 Å². The van der Waals surface area contributed by atoms with Gasteiger partial charge in [0, 0.05) is 23.9 Å². The molecule has 2 saturated carbocycles. The third-order valence-electron chi connectivity index (χ3n) is 10.7. The Hall–Kier alpha value is -3.21. The molecule has 2 bridgehead atoms. The highest BCUT2D eigenvalue weighted by Crippen LogP contribution is 2.66. The van der Waals surface area contributed by atoms with Gasteiger partial charge in [-0.25, -0.2) is 0 Å². The van der Waals surface area contributed by atoms with E-state index < -0.39 is 34.7 Å². The Balaban J connectivity index is 1.29. The molecule has 4 fully saturated rings. The van der Waals surface area contributed by atoms with Crippen molar-refractivity contribution >= 4 is 11.5 Å². The quantitative estimate of drug-likeness (QED) is 0.173. The molecule has 0 aromatic carbocycles. The van der Waals surface area contributed by atoms with E-state index in [0.29, 0.717) is 24.6 Å². The molecule has 44 heavy (non-hydrogen) atoms. The van der Waals surface area contributed by atoms with Crippen LogP contribution in [0.25, 0.3) is 5.57 Å². The minimum Gasteiger partial charge on any atom is -0.510 e. The summed E-state index contributed by atoms with van der Waals surface area (Å²) in [6, 6.07) is -0.152. The van der Waals surface area contributed by atoms with Gasteiger partial charge >= 0.3 is 0 Å². The Morgan fingerprint density at radius 1 is 1.27 bits per heavy atom. The maximum absolute atomic E-state index is 13.7. The van der Waals surface area contributed by atoms with Crippen molar-refractivity contribution in [3.8, 4) is 0 Å². The number of aliphatic hydroxyl groups is 3. The predicted molar refractivity (Wildman–Crippen MR) is 165 cm³/mol. The van der Waals surface area contributed by atoms with E-state index in [2.05, 4.69) is 27.3 Å². The number of hydrogen-bond acceptors (Lipinski definition) is 9. The van der Waals surface area contributed by atoms with E-state index in [-0.39, 0.29) is 34.9 Å². The zero-order valence-corrected chi connectivity index (χ0v) is 26.6. The van der Waals surface area contributed by atoms with E-state index >= 15 is 0 Å². The van der Waals surface area contributed by atoms with Crippen LogP contribution < -0.4 is 5.32 Å². The fourth-order valence-electron chi connectivity index (χ4n) is 7.92. The first-order valence-electron chi connectivity index (χ1n) is 15.9. The summed E-state index contributed by atoms with van der Waals surface area (Å²) in [7, 11) is 0. The van der Waals surface area contributed by atoms with Crippen LogP contribution in [0.5, 0.6) is 0 Å². The highest BCUT2D eigenvalue weighted by Gasteiger charge is 2.73. The number of piperidine rings is 1. The number of ether oxygens (including phenoxy) is 1. The maximum atomic E-state index is 13.7. The van der Waals surface area contributed by atoms with Gasteiger partial charge in [0.2, 0.25) is 0 Å². The molecule has 1 aromatic heterocycles. The third-order valence-corrected chi connectivity index (χ3v) is 10.7. The van der Waals surface area contributed by atoms with Crippen molar-refractivity contribution in [2.24, 2.45) is 17.3 Å². The molecule has 0 radical (unpaired) electrons. The first-order valence-corrected chi connectivity index (χ1v) is 15.9. The molecule has 3 aliphatic carbocycles. The van der Waals surface area contributed by atoms with E-state index in [1.54, 1.807) is 26.8 Å². The summed E-state index contributed by atoms with van der Waals surface area (Å²) in [6.07, 6.45) is 12.4. The molecule has 1 aromatic rings. The van der Waals surface area contributed by atoms with Gasteiger partial charge in [-0.2, -0.15) is 4.98 Å². The number of nitrogens with zero attached hydrogens (tertiary/aromatic N) is 3. The Labute approximate surface area is 259 Å². The number of aliphatic hydroxyl groups excluding tert-OH is 2. The topological polar surface area (TPSA) is 141 Å². The first kappa shape index (κ1) is 30.8. The lowest BCUT2D eigenvalue weighted by atomic mass is 9.48. The van der Waals surface area contributed by atoms with Gasteiger partial charge in [0.15, 0.2) is 5.82 Å². The number of fused-ring (bicyclic) bond motifs is 1. The second kappa shape index (κ2) is 11.0. The SMILES string of the molecule is CC/C=C\C=C(/C)c1noc(C(C)(C)NC(=O)/C(C)=C(\O)[C@@H]2OC3C(O)=CC=C4C[C@H]5N(CC6CC6)CC[C@@]2(C43)[C@]5(C)O)n1. The lowest BCUT2D eigenvalue weighted by molar-refractivity contribution is -0.202. The molecule has 6 atom stereocenters. The number of allylic oxidation sites excluding steroid dienone is 6. The van der Waals surface area contributed by atoms with Crippen LogP contribution in [0.3, 0.4) is 0 Å². The molecule has 2 unspecified atom stereocenters. The van der Waals surface area contributed by atoms with E-state index in [4.69, 9.17) is 9.26 Å². The van der Waals surface area contributed by atoms with E-state index in [1.807, 2.05) is 38.2 Å². The monoisotopic (exact) mass is 606 g/mol. The minimum atomic E-state index is -1.24. The molecule has 10 heteroatoms. The van der Waals surface area contributed by atoms with Crippen LogP contribution in [0.15, 0.2) is 57.6 Å². The van der Waals surface area contributed by atoms with Crippen molar-refractivity contribution in [1.29, 1.82) is 0 Å². The standard InChI is InChI=1S/C34H46N4O6/c1-7-8-9-10-19(2)29-35-31(44-37-29)32(4,5)36-30(41)20(3)26(40)28-34-15-16-38(18-21-11-12-21)24(33(34,6)42)17-22-13-14-23(39)27(43-28)25(22)34/h8-10,13-14,21,24-25,27-28,39-40,42H,7,11-12,15-18H2,1-6H3,(H,36,41)/b9-8-,19-10+,26-20-/t24-,25?,27?,28+,33-,34+/m1/s1. The van der Waals surface area contributed by atoms with Gasteiger partial charge in [-0.3, -0.25) is 9.69 Å². The molecular weight excluding hydrogens is 560 g/mol. The number of rotatable bonds is 9. The summed E-state index contributed by atoms with van der Waals surface area (Å²) in [5.41, 5.74) is -1.19. The van der Waals surface area contributed by atoms with Crippen molar-refractivity contribution in [3.63, 3.8) is 0 Å². The third kappa shape index (κ3) is 4.86. The second-order valence-electron chi connectivity index (χ2n) is 14.0. The largest absolute Gasteiger partial charge is 0.510 e. The maximum Gasteiger partial charge on any atom is 0.252 e. The van der Waals surface area contributed by atoms with Gasteiger partial charge in [-0.15, -0.1) is 0 Å². The summed E-state index contributed by atoms with van der Waals surface area (Å²) in [4.78, 5) is 20.6. The van der Waals surface area contributed by atoms with Crippen molar-refractivity contribution in [2.45, 2.75) is 103 Å². The minimum absolute atomic E-state index is 0.0731. The van der Waals surface area contributed by atoms with Crippen LogP contribution in [0.2, 0.25) is 0 Å².